The van der Waals surface area contributed by atoms with E-state index in [9.17, 15) is 14.4 Å². The quantitative estimate of drug-likeness (QED) is 0.460. The van der Waals surface area contributed by atoms with Crippen LogP contribution in [0.15, 0.2) is 42.5 Å². The van der Waals surface area contributed by atoms with E-state index < -0.39 is 42.5 Å². The van der Waals surface area contributed by atoms with Gasteiger partial charge in [-0.3, -0.25) is 14.4 Å². The molecule has 0 spiro atoms. The van der Waals surface area contributed by atoms with E-state index in [1.165, 1.54) is 31.9 Å². The van der Waals surface area contributed by atoms with Crippen LogP contribution in [0, 0.1) is 19.8 Å². The molecule has 2 aromatic rings. The van der Waals surface area contributed by atoms with Gasteiger partial charge in [0.2, 0.25) is 12.4 Å². The molecule has 1 aliphatic heterocycles. The Hall–Kier alpha value is -3.19. The fraction of sp³-hybridized carbons (Fsp3) is 0.444. The number of carbonyl (C=O) groups excluding carboxylic acids is 3. The number of rotatable bonds is 6. The SMILES string of the molecule is CC(=O)OC1O[C@@H](c2ccc(C)c(Cc3ccc(C)cc3)c2)[C@H](C)[C@@H](OC(C)=O)[C@@H]1OC(C)=O. The number of carbonyl (C=O) groups is 3. The Balaban J connectivity index is 1.96. The van der Waals surface area contributed by atoms with Crippen molar-refractivity contribution in [3.8, 4) is 0 Å². The normalized spacial score (nSPS) is 24.2. The van der Waals surface area contributed by atoms with Gasteiger partial charge < -0.3 is 18.9 Å². The van der Waals surface area contributed by atoms with Gasteiger partial charge in [0.25, 0.3) is 0 Å². The highest BCUT2D eigenvalue weighted by molar-refractivity contribution is 5.68. The van der Waals surface area contributed by atoms with Gasteiger partial charge in [-0.1, -0.05) is 55.0 Å². The molecule has 1 saturated heterocycles. The summed E-state index contributed by atoms with van der Waals surface area (Å²) in [5.41, 5.74) is 5.52. The average molecular weight is 469 g/mol. The second-order valence-electron chi connectivity index (χ2n) is 8.89. The van der Waals surface area contributed by atoms with Gasteiger partial charge in [-0.2, -0.15) is 0 Å². The summed E-state index contributed by atoms with van der Waals surface area (Å²) in [4.78, 5) is 35.4. The summed E-state index contributed by atoms with van der Waals surface area (Å²) < 4.78 is 22.5. The summed E-state index contributed by atoms with van der Waals surface area (Å²) in [6.07, 6.45) is -2.95. The Labute approximate surface area is 200 Å². The first-order valence-corrected chi connectivity index (χ1v) is 11.4. The molecule has 182 valence electrons. The smallest absolute Gasteiger partial charge is 0.305 e. The molecule has 0 radical (unpaired) electrons. The summed E-state index contributed by atoms with van der Waals surface area (Å²) in [6.45, 7) is 9.74. The Kier molecular flexibility index (Phi) is 8.10. The van der Waals surface area contributed by atoms with Gasteiger partial charge in [0.1, 0.15) is 0 Å². The molecule has 2 aromatic carbocycles. The largest absolute Gasteiger partial charge is 0.458 e. The third-order valence-electron chi connectivity index (χ3n) is 5.97. The van der Waals surface area contributed by atoms with Crippen molar-refractivity contribution < 1.29 is 33.3 Å². The van der Waals surface area contributed by atoms with Gasteiger partial charge in [-0.25, -0.2) is 0 Å². The van der Waals surface area contributed by atoms with Crippen LogP contribution in [-0.4, -0.2) is 36.4 Å². The second kappa shape index (κ2) is 10.8. The standard InChI is InChI=1S/C27H32O7/c1-15-7-10-21(11-8-15)13-23-14-22(12-9-16(23)2)24-17(3)25(31-18(4)28)26(32-19(5)29)27(34-24)33-20(6)30/h7-12,14,17,24-27H,13H2,1-6H3/t17-,24+,25+,26-,27?/m0/s1. The highest BCUT2D eigenvalue weighted by Gasteiger charge is 2.50. The lowest BCUT2D eigenvalue weighted by molar-refractivity contribution is -0.283. The van der Waals surface area contributed by atoms with E-state index in [4.69, 9.17) is 18.9 Å². The summed E-state index contributed by atoms with van der Waals surface area (Å²) in [5.74, 6) is -2.10. The summed E-state index contributed by atoms with van der Waals surface area (Å²) in [6, 6.07) is 14.4. The Bertz CT molecular complexity index is 1040. The van der Waals surface area contributed by atoms with Crippen molar-refractivity contribution in [3.63, 3.8) is 0 Å². The maximum absolute atomic E-state index is 11.9. The van der Waals surface area contributed by atoms with Crippen molar-refractivity contribution in [2.45, 2.75) is 72.6 Å². The minimum absolute atomic E-state index is 0.380. The zero-order chi connectivity index (χ0) is 25.0. The molecular weight excluding hydrogens is 436 g/mol. The topological polar surface area (TPSA) is 88.1 Å². The number of ether oxygens (including phenoxy) is 4. The summed E-state index contributed by atoms with van der Waals surface area (Å²) >= 11 is 0. The number of hydrogen-bond acceptors (Lipinski definition) is 7. The third-order valence-corrected chi connectivity index (χ3v) is 5.97. The maximum atomic E-state index is 11.9. The van der Waals surface area contributed by atoms with Crippen molar-refractivity contribution in [1.82, 2.24) is 0 Å². The van der Waals surface area contributed by atoms with Crippen LogP contribution >= 0.6 is 0 Å². The van der Waals surface area contributed by atoms with Gasteiger partial charge in [0.05, 0.1) is 6.10 Å². The van der Waals surface area contributed by atoms with Crippen LogP contribution in [0.4, 0.5) is 0 Å². The molecule has 5 atom stereocenters. The predicted octanol–water partition coefficient (Wildman–Crippen LogP) is 4.35. The molecule has 1 fully saturated rings. The lowest BCUT2D eigenvalue weighted by atomic mass is 9.85. The van der Waals surface area contributed by atoms with Gasteiger partial charge >= 0.3 is 17.9 Å². The van der Waals surface area contributed by atoms with Crippen molar-refractivity contribution in [1.29, 1.82) is 0 Å². The number of esters is 3. The van der Waals surface area contributed by atoms with Crippen molar-refractivity contribution in [2.24, 2.45) is 5.92 Å². The predicted molar refractivity (Wildman–Crippen MR) is 125 cm³/mol. The minimum atomic E-state index is -1.21. The molecule has 7 heteroatoms. The zero-order valence-electron chi connectivity index (χ0n) is 20.5. The number of hydrogen-bond donors (Lipinski definition) is 0. The first-order chi connectivity index (χ1) is 16.0. The van der Waals surface area contributed by atoms with Crippen molar-refractivity contribution in [3.05, 3.63) is 70.3 Å². The minimum Gasteiger partial charge on any atom is -0.458 e. The molecule has 1 aliphatic rings. The highest BCUT2D eigenvalue weighted by atomic mass is 16.7. The molecule has 0 N–H and O–H groups in total. The van der Waals surface area contributed by atoms with E-state index in [0.29, 0.717) is 0 Å². The average Bonchev–Trinajstić information content (AvgIpc) is 2.75. The van der Waals surface area contributed by atoms with E-state index in [2.05, 4.69) is 44.2 Å². The van der Waals surface area contributed by atoms with Crippen molar-refractivity contribution >= 4 is 17.9 Å². The van der Waals surface area contributed by atoms with Gasteiger partial charge in [0.15, 0.2) is 6.10 Å². The van der Waals surface area contributed by atoms with E-state index in [-0.39, 0.29) is 5.92 Å². The lowest BCUT2D eigenvalue weighted by Crippen LogP contribution is -2.55. The van der Waals surface area contributed by atoms with E-state index in [1.807, 2.05) is 19.1 Å². The molecule has 7 nitrogen and oxygen atoms in total. The first kappa shape index (κ1) is 25.4. The Morgan fingerprint density at radius 3 is 2.00 bits per heavy atom. The second-order valence-corrected chi connectivity index (χ2v) is 8.89. The third kappa shape index (κ3) is 6.23. The van der Waals surface area contributed by atoms with Crippen LogP contribution in [0.1, 0.15) is 61.6 Å². The summed E-state index contributed by atoms with van der Waals surface area (Å²) in [7, 11) is 0. The van der Waals surface area contributed by atoms with Crippen LogP contribution in [0.2, 0.25) is 0 Å². The molecular formula is C27H32O7. The molecule has 34 heavy (non-hydrogen) atoms. The van der Waals surface area contributed by atoms with Crippen LogP contribution < -0.4 is 0 Å². The zero-order valence-corrected chi connectivity index (χ0v) is 20.5. The molecule has 0 aromatic heterocycles. The molecule has 0 bridgehead atoms. The van der Waals surface area contributed by atoms with Gasteiger partial charge in [0, 0.05) is 26.7 Å². The molecule has 0 amide bonds. The number of benzene rings is 2. The molecule has 0 aliphatic carbocycles. The fourth-order valence-corrected chi connectivity index (χ4v) is 4.28. The monoisotopic (exact) mass is 468 g/mol. The highest BCUT2D eigenvalue weighted by Crippen LogP contribution is 2.40. The lowest BCUT2D eigenvalue weighted by Gasteiger charge is -2.43. The van der Waals surface area contributed by atoms with Gasteiger partial charge in [-0.05, 0) is 42.5 Å². The molecule has 1 heterocycles. The Morgan fingerprint density at radius 1 is 0.824 bits per heavy atom. The number of aryl methyl sites for hydroxylation is 2. The maximum Gasteiger partial charge on any atom is 0.305 e. The van der Waals surface area contributed by atoms with Crippen LogP contribution in [0.5, 0.6) is 0 Å². The molecule has 0 saturated carbocycles. The Morgan fingerprint density at radius 2 is 1.41 bits per heavy atom. The fourth-order valence-electron chi connectivity index (χ4n) is 4.28. The van der Waals surface area contributed by atoms with Crippen LogP contribution in [0.25, 0.3) is 0 Å². The van der Waals surface area contributed by atoms with E-state index in [0.717, 1.165) is 23.1 Å². The van der Waals surface area contributed by atoms with Crippen LogP contribution in [-0.2, 0) is 39.8 Å². The van der Waals surface area contributed by atoms with Crippen LogP contribution in [0.3, 0.4) is 0 Å². The van der Waals surface area contributed by atoms with Gasteiger partial charge in [-0.15, -0.1) is 0 Å². The van der Waals surface area contributed by atoms with E-state index in [1.54, 1.807) is 0 Å². The first-order valence-electron chi connectivity index (χ1n) is 11.4. The summed E-state index contributed by atoms with van der Waals surface area (Å²) in [5, 5.41) is 0. The van der Waals surface area contributed by atoms with E-state index >= 15 is 0 Å². The molecule has 1 unspecified atom stereocenters. The molecule has 3 rings (SSSR count). The van der Waals surface area contributed by atoms with Crippen molar-refractivity contribution in [2.75, 3.05) is 0 Å².